The van der Waals surface area contributed by atoms with Gasteiger partial charge in [0, 0.05) is 19.3 Å². The van der Waals surface area contributed by atoms with Crippen LogP contribution >= 0.6 is 0 Å². The highest BCUT2D eigenvalue weighted by Gasteiger charge is 2.19. The van der Waals surface area contributed by atoms with Gasteiger partial charge in [-0.3, -0.25) is 14.4 Å². The monoisotopic (exact) mass is 807 g/mol. The molecule has 0 radical (unpaired) electrons. The Morgan fingerprint density at radius 2 is 0.707 bits per heavy atom. The molecule has 0 aromatic heterocycles. The first kappa shape index (κ1) is 54.6. The van der Waals surface area contributed by atoms with Crippen molar-refractivity contribution in [3.05, 3.63) is 85.1 Å². The van der Waals surface area contributed by atoms with E-state index in [0.29, 0.717) is 19.3 Å². The van der Waals surface area contributed by atoms with E-state index in [1.807, 2.05) is 60.8 Å². The fourth-order valence-electron chi connectivity index (χ4n) is 6.22. The molecule has 0 spiro atoms. The van der Waals surface area contributed by atoms with E-state index in [4.69, 9.17) is 14.2 Å². The number of carbonyl (C=O) groups is 3. The predicted octanol–water partition coefficient (Wildman–Crippen LogP) is 15.3. The predicted molar refractivity (Wildman–Crippen MR) is 247 cm³/mol. The molecule has 0 aromatic carbocycles. The largest absolute Gasteiger partial charge is 0.462 e. The van der Waals surface area contributed by atoms with Gasteiger partial charge in [-0.2, -0.15) is 0 Å². The number of carbonyl (C=O) groups excluding carboxylic acids is 3. The molecule has 330 valence electrons. The van der Waals surface area contributed by atoms with E-state index >= 15 is 0 Å². The summed E-state index contributed by atoms with van der Waals surface area (Å²) in [6.45, 7) is 6.39. The van der Waals surface area contributed by atoms with Gasteiger partial charge in [0.1, 0.15) is 13.2 Å². The van der Waals surface area contributed by atoms with E-state index in [-0.39, 0.29) is 31.1 Å². The highest BCUT2D eigenvalue weighted by Crippen LogP contribution is 2.14. The summed E-state index contributed by atoms with van der Waals surface area (Å²) in [5, 5.41) is 0. The van der Waals surface area contributed by atoms with Crippen LogP contribution in [0.15, 0.2) is 85.1 Å². The maximum absolute atomic E-state index is 12.7. The van der Waals surface area contributed by atoms with E-state index in [0.717, 1.165) is 83.5 Å². The minimum atomic E-state index is -0.794. The van der Waals surface area contributed by atoms with Gasteiger partial charge in [-0.05, 0) is 57.8 Å². The number of esters is 3. The summed E-state index contributed by atoms with van der Waals surface area (Å²) in [6, 6.07) is 0. The molecule has 58 heavy (non-hydrogen) atoms. The zero-order valence-corrected chi connectivity index (χ0v) is 37.5. The van der Waals surface area contributed by atoms with Crippen LogP contribution in [-0.2, 0) is 28.6 Å². The second kappa shape index (κ2) is 46.3. The molecular formula is C52H86O6. The number of hydrogen-bond acceptors (Lipinski definition) is 6. The minimum Gasteiger partial charge on any atom is -0.462 e. The normalized spacial score (nSPS) is 12.8. The second-order valence-electron chi connectivity index (χ2n) is 15.4. The van der Waals surface area contributed by atoms with Crippen LogP contribution in [0.3, 0.4) is 0 Å². The van der Waals surface area contributed by atoms with Crippen LogP contribution in [0.4, 0.5) is 0 Å². The summed E-state index contributed by atoms with van der Waals surface area (Å²) in [6.07, 6.45) is 58.4. The molecular weight excluding hydrogens is 721 g/mol. The van der Waals surface area contributed by atoms with Crippen LogP contribution in [0.2, 0.25) is 0 Å². The first-order chi connectivity index (χ1) is 28.5. The molecule has 0 saturated carbocycles. The summed E-state index contributed by atoms with van der Waals surface area (Å²) < 4.78 is 16.7. The van der Waals surface area contributed by atoms with Gasteiger partial charge in [0.05, 0.1) is 0 Å². The summed E-state index contributed by atoms with van der Waals surface area (Å²) >= 11 is 0. The maximum atomic E-state index is 12.7. The molecule has 0 aliphatic heterocycles. The van der Waals surface area contributed by atoms with Crippen molar-refractivity contribution in [2.75, 3.05) is 13.2 Å². The number of hydrogen-bond donors (Lipinski definition) is 0. The fraction of sp³-hybridized carbons (Fsp3) is 0.673. The second-order valence-corrected chi connectivity index (χ2v) is 15.4. The number of unbranched alkanes of at least 4 members (excludes halogenated alkanes) is 21. The van der Waals surface area contributed by atoms with Crippen molar-refractivity contribution in [3.63, 3.8) is 0 Å². The number of allylic oxidation sites excluding steroid dienone is 14. The lowest BCUT2D eigenvalue weighted by molar-refractivity contribution is -0.167. The van der Waals surface area contributed by atoms with Crippen LogP contribution in [0, 0.1) is 0 Å². The van der Waals surface area contributed by atoms with Crippen molar-refractivity contribution < 1.29 is 28.6 Å². The molecule has 1 atom stereocenters. The smallest absolute Gasteiger partial charge is 0.306 e. The van der Waals surface area contributed by atoms with Gasteiger partial charge in [0.25, 0.3) is 0 Å². The molecule has 0 aliphatic rings. The fourth-order valence-corrected chi connectivity index (χ4v) is 6.22. The van der Waals surface area contributed by atoms with Crippen molar-refractivity contribution in [3.8, 4) is 0 Å². The van der Waals surface area contributed by atoms with Crippen molar-refractivity contribution in [1.29, 1.82) is 0 Å². The van der Waals surface area contributed by atoms with Gasteiger partial charge in [-0.1, -0.05) is 215 Å². The van der Waals surface area contributed by atoms with E-state index < -0.39 is 6.10 Å². The Labute approximate surface area is 356 Å². The lowest BCUT2D eigenvalue weighted by atomic mass is 10.0. The van der Waals surface area contributed by atoms with E-state index in [2.05, 4.69) is 45.1 Å². The lowest BCUT2D eigenvalue weighted by Crippen LogP contribution is -2.30. The van der Waals surface area contributed by atoms with Crippen LogP contribution in [0.25, 0.3) is 0 Å². The van der Waals surface area contributed by atoms with E-state index in [1.165, 1.54) is 83.5 Å². The van der Waals surface area contributed by atoms with Gasteiger partial charge < -0.3 is 14.2 Å². The van der Waals surface area contributed by atoms with E-state index in [1.54, 1.807) is 0 Å². The van der Waals surface area contributed by atoms with E-state index in [9.17, 15) is 14.4 Å². The molecule has 0 heterocycles. The number of ether oxygens (including phenoxy) is 3. The average molecular weight is 807 g/mol. The Hall–Kier alpha value is -3.41. The van der Waals surface area contributed by atoms with Crippen LogP contribution in [-0.4, -0.2) is 37.2 Å². The molecule has 0 N–H and O–H groups in total. The zero-order chi connectivity index (χ0) is 42.3. The standard InChI is InChI=1S/C52H86O6/c1-4-7-10-13-16-19-22-24-25-26-27-28-31-33-36-39-42-45-51(54)57-48-49(47-56-50(53)44-41-38-35-32-29-21-18-15-12-9-6-3)58-52(55)46-43-40-37-34-30-23-20-17-14-11-8-5-2/h7,10,13,15-16,18-19,22,24-28,31,49H,4-6,8-9,11-12,14,17,20-21,23,29-30,32-48H2,1-3H3/b10-7-,16-13-,18-15-,22-19-,25-24-,27-26+,31-28-. The van der Waals surface area contributed by atoms with Crippen LogP contribution in [0.1, 0.15) is 207 Å². The zero-order valence-electron chi connectivity index (χ0n) is 37.5. The summed E-state index contributed by atoms with van der Waals surface area (Å²) in [5.74, 6) is -0.954. The average Bonchev–Trinajstić information content (AvgIpc) is 3.22. The Bertz CT molecular complexity index is 1160. The molecule has 0 bridgehead atoms. The molecule has 0 amide bonds. The first-order valence-electron chi connectivity index (χ1n) is 23.7. The summed E-state index contributed by atoms with van der Waals surface area (Å²) in [7, 11) is 0. The van der Waals surface area contributed by atoms with Gasteiger partial charge in [0.2, 0.25) is 0 Å². The van der Waals surface area contributed by atoms with Crippen molar-refractivity contribution in [2.24, 2.45) is 0 Å². The van der Waals surface area contributed by atoms with Gasteiger partial charge in [-0.15, -0.1) is 0 Å². The molecule has 0 aromatic rings. The van der Waals surface area contributed by atoms with Crippen LogP contribution in [0.5, 0.6) is 0 Å². The molecule has 6 nitrogen and oxygen atoms in total. The highest BCUT2D eigenvalue weighted by molar-refractivity contribution is 5.71. The Balaban J connectivity index is 4.48. The molecule has 0 rings (SSSR count). The molecule has 0 fully saturated rings. The SMILES string of the molecule is CC\C=C/C=C\C=C/C=C\C=C\C=C/CCCCCC(=O)OCC(COC(=O)CCCCCCC/C=C\CCCC)OC(=O)CCCCCCCCCCCCCC. The highest BCUT2D eigenvalue weighted by atomic mass is 16.6. The van der Waals surface area contributed by atoms with Crippen molar-refractivity contribution in [1.82, 2.24) is 0 Å². The third-order valence-electron chi connectivity index (χ3n) is 9.80. The third kappa shape index (κ3) is 43.7. The summed E-state index contributed by atoms with van der Waals surface area (Å²) in [5.41, 5.74) is 0. The van der Waals surface area contributed by atoms with Crippen molar-refractivity contribution in [2.45, 2.75) is 213 Å². The first-order valence-corrected chi connectivity index (χ1v) is 23.7. The number of rotatable bonds is 41. The lowest BCUT2D eigenvalue weighted by Gasteiger charge is -2.18. The molecule has 1 unspecified atom stereocenters. The Morgan fingerprint density at radius 1 is 0.362 bits per heavy atom. The Morgan fingerprint density at radius 3 is 1.17 bits per heavy atom. The maximum Gasteiger partial charge on any atom is 0.306 e. The van der Waals surface area contributed by atoms with Gasteiger partial charge in [0.15, 0.2) is 6.10 Å². The van der Waals surface area contributed by atoms with Crippen LogP contribution < -0.4 is 0 Å². The van der Waals surface area contributed by atoms with Gasteiger partial charge in [-0.25, -0.2) is 0 Å². The van der Waals surface area contributed by atoms with Crippen molar-refractivity contribution >= 4 is 17.9 Å². The third-order valence-corrected chi connectivity index (χ3v) is 9.80. The topological polar surface area (TPSA) is 78.9 Å². The molecule has 6 heteroatoms. The molecule has 0 aliphatic carbocycles. The quantitative estimate of drug-likeness (QED) is 0.0201. The molecule has 0 saturated heterocycles. The summed E-state index contributed by atoms with van der Waals surface area (Å²) in [4.78, 5) is 37.8. The minimum absolute atomic E-state index is 0.0950. The Kier molecular flexibility index (Phi) is 43.6. The van der Waals surface area contributed by atoms with Gasteiger partial charge >= 0.3 is 17.9 Å².